The lowest BCUT2D eigenvalue weighted by atomic mass is 9.86. The van der Waals surface area contributed by atoms with Crippen LogP contribution in [0.2, 0.25) is 0 Å². The first-order valence-electron chi connectivity index (χ1n) is 11.2. The van der Waals surface area contributed by atoms with Gasteiger partial charge in [0.15, 0.2) is 29.0 Å². The molecule has 0 unspecified atom stereocenters. The van der Waals surface area contributed by atoms with E-state index in [1.54, 1.807) is 37.6 Å². The van der Waals surface area contributed by atoms with Crippen LogP contribution in [0, 0.1) is 12.3 Å². The smallest absolute Gasteiger partial charge is 0.258 e. The van der Waals surface area contributed by atoms with E-state index < -0.39 is 0 Å². The molecule has 0 spiro atoms. The number of nitrogens with one attached hydrogen (secondary N) is 4. The van der Waals surface area contributed by atoms with Crippen LogP contribution in [-0.4, -0.2) is 46.6 Å². The Labute approximate surface area is 217 Å². The number of aromatic hydroxyl groups is 1. The van der Waals surface area contributed by atoms with E-state index in [1.807, 2.05) is 0 Å². The Morgan fingerprint density at radius 2 is 1.80 bits per heavy atom. The number of benzene rings is 1. The van der Waals surface area contributed by atoms with Crippen molar-refractivity contribution in [1.29, 1.82) is 0 Å². The number of hydrogen-bond acceptors (Lipinski definition) is 9. The first-order valence-corrected chi connectivity index (χ1v) is 12.8. The zero-order valence-electron chi connectivity index (χ0n) is 20.6. The number of amides is 1. The van der Waals surface area contributed by atoms with Crippen molar-refractivity contribution in [1.82, 2.24) is 14.9 Å². The molecule has 0 saturated heterocycles. The molecule has 1 aliphatic heterocycles. The minimum atomic E-state index is -0.317. The van der Waals surface area contributed by atoms with Gasteiger partial charge in [0.2, 0.25) is 0 Å². The summed E-state index contributed by atoms with van der Waals surface area (Å²) in [7, 11) is 3.28. The number of aryl methyl sites for hydroxylation is 1. The van der Waals surface area contributed by atoms with Crippen molar-refractivity contribution in [2.75, 3.05) is 42.0 Å². The quantitative estimate of drug-likeness (QED) is 0.242. The average molecular weight is 561 g/mol. The lowest BCUT2D eigenvalue weighted by molar-refractivity contribution is 0.0824. The molecular weight excluding hydrogens is 530 g/mol. The second kappa shape index (κ2) is 9.54. The number of carbonyl (C=O) groups is 1. The largest absolute Gasteiger partial charge is 0.505 e. The normalized spacial score (nSPS) is 13.5. The highest BCUT2D eigenvalue weighted by Gasteiger charge is 2.30. The molecule has 0 fully saturated rings. The van der Waals surface area contributed by atoms with E-state index in [0.717, 1.165) is 0 Å². The third kappa shape index (κ3) is 5.15. The summed E-state index contributed by atoms with van der Waals surface area (Å²) in [5.74, 6) is 1.74. The molecule has 1 aromatic carbocycles. The maximum absolute atomic E-state index is 12.7. The fourth-order valence-electron chi connectivity index (χ4n) is 3.76. The Bertz CT molecular complexity index is 1270. The molecule has 2 aromatic heterocycles. The van der Waals surface area contributed by atoms with Gasteiger partial charge in [-0.2, -0.15) is 0 Å². The maximum Gasteiger partial charge on any atom is 0.258 e. The highest BCUT2D eigenvalue weighted by atomic mass is 79.9. The van der Waals surface area contributed by atoms with Gasteiger partial charge in [-0.05, 0) is 52.5 Å². The van der Waals surface area contributed by atoms with Crippen LogP contribution >= 0.6 is 27.3 Å². The van der Waals surface area contributed by atoms with Crippen molar-refractivity contribution in [2.45, 2.75) is 33.7 Å². The third-order valence-corrected chi connectivity index (χ3v) is 7.33. The van der Waals surface area contributed by atoms with Gasteiger partial charge in [0, 0.05) is 28.3 Å². The molecule has 5 N–H and O–H groups in total. The molecule has 186 valence electrons. The zero-order valence-corrected chi connectivity index (χ0v) is 23.0. The highest BCUT2D eigenvalue weighted by molar-refractivity contribution is 9.10. The maximum atomic E-state index is 12.7. The first kappa shape index (κ1) is 25.1. The molecule has 0 aliphatic carbocycles. The average Bonchev–Trinajstić information content (AvgIpc) is 3.41. The standard InChI is InChI=1S/C24H30BrN7O2S/c1-12-7-10-15(35-12)18(24(2,3)4)29-22-21(30-19-20(31-22)27-11-26-19)28-14-9-8-13(25)16(17(14)33)23(34)32(5)6/h7-10,18,33H,11H2,1-6H3,(H2,26,28,30)(H2,27,29,31)/t18-/m0/s1. The number of halogens is 1. The van der Waals surface area contributed by atoms with Gasteiger partial charge in [-0.3, -0.25) is 4.79 Å². The Balaban J connectivity index is 1.77. The molecule has 0 bridgehead atoms. The number of nitrogens with zero attached hydrogens (tertiary/aromatic N) is 3. The van der Waals surface area contributed by atoms with Crippen molar-refractivity contribution in [3.05, 3.63) is 44.1 Å². The summed E-state index contributed by atoms with van der Waals surface area (Å²) >= 11 is 5.12. The van der Waals surface area contributed by atoms with Crippen molar-refractivity contribution in [2.24, 2.45) is 5.41 Å². The predicted molar refractivity (Wildman–Crippen MR) is 146 cm³/mol. The summed E-state index contributed by atoms with van der Waals surface area (Å²) in [5, 5.41) is 24.1. The van der Waals surface area contributed by atoms with Crippen molar-refractivity contribution in [3.8, 4) is 5.75 Å². The third-order valence-electron chi connectivity index (χ3n) is 5.60. The number of anilines is 5. The SMILES string of the molecule is Cc1ccc([C@H](Nc2nc3c(nc2Nc2ccc(Br)c(C(=O)N(C)C)c2O)NCN3)C(C)(C)C)s1. The number of phenolic OH excluding ortho intramolecular Hbond substituents is 1. The van der Waals surface area contributed by atoms with Gasteiger partial charge >= 0.3 is 0 Å². The summed E-state index contributed by atoms with van der Waals surface area (Å²) in [5.41, 5.74) is 0.400. The lowest BCUT2D eigenvalue weighted by Crippen LogP contribution is -2.26. The van der Waals surface area contributed by atoms with Crippen LogP contribution in [0.4, 0.5) is 29.0 Å². The fraction of sp³-hybridized carbons (Fsp3) is 0.375. The Morgan fingerprint density at radius 1 is 1.14 bits per heavy atom. The molecule has 0 saturated carbocycles. The van der Waals surface area contributed by atoms with Gasteiger partial charge in [-0.25, -0.2) is 9.97 Å². The molecule has 1 atom stereocenters. The minimum absolute atomic E-state index is 0.0344. The molecule has 11 heteroatoms. The Kier molecular flexibility index (Phi) is 6.83. The minimum Gasteiger partial charge on any atom is -0.505 e. The fourth-order valence-corrected chi connectivity index (χ4v) is 5.43. The van der Waals surface area contributed by atoms with E-state index in [0.29, 0.717) is 40.1 Å². The number of phenols is 1. The van der Waals surface area contributed by atoms with E-state index in [-0.39, 0.29) is 28.7 Å². The number of hydrogen-bond donors (Lipinski definition) is 5. The van der Waals surface area contributed by atoms with Gasteiger partial charge in [-0.1, -0.05) is 20.8 Å². The van der Waals surface area contributed by atoms with Crippen LogP contribution < -0.4 is 21.3 Å². The van der Waals surface area contributed by atoms with E-state index in [4.69, 9.17) is 9.97 Å². The molecule has 1 aliphatic rings. The predicted octanol–water partition coefficient (Wildman–Crippen LogP) is 5.75. The second-order valence-corrected chi connectivity index (χ2v) is 11.9. The summed E-state index contributed by atoms with van der Waals surface area (Å²) in [4.78, 5) is 26.0. The molecule has 35 heavy (non-hydrogen) atoms. The van der Waals surface area contributed by atoms with Crippen LogP contribution in [0.25, 0.3) is 0 Å². The van der Waals surface area contributed by atoms with Gasteiger partial charge in [0.25, 0.3) is 5.91 Å². The summed E-state index contributed by atoms with van der Waals surface area (Å²) < 4.78 is 0.504. The molecule has 0 radical (unpaired) electrons. The number of aromatic nitrogens is 2. The van der Waals surface area contributed by atoms with E-state index in [2.05, 4.69) is 77.0 Å². The zero-order chi connectivity index (χ0) is 25.5. The topological polar surface area (TPSA) is 114 Å². The van der Waals surface area contributed by atoms with Gasteiger partial charge in [0.1, 0.15) is 0 Å². The molecule has 3 heterocycles. The highest BCUT2D eigenvalue weighted by Crippen LogP contribution is 2.42. The van der Waals surface area contributed by atoms with Crippen LogP contribution in [0.1, 0.15) is 46.9 Å². The van der Waals surface area contributed by atoms with Crippen molar-refractivity contribution in [3.63, 3.8) is 0 Å². The van der Waals surface area contributed by atoms with Crippen LogP contribution in [-0.2, 0) is 0 Å². The molecule has 3 aromatic rings. The Hall–Kier alpha value is -3.05. The van der Waals surface area contributed by atoms with Gasteiger partial charge < -0.3 is 31.3 Å². The number of thiophene rings is 1. The van der Waals surface area contributed by atoms with E-state index in [1.165, 1.54) is 14.7 Å². The number of rotatable bonds is 6. The number of carbonyl (C=O) groups excluding carboxylic acids is 1. The van der Waals surface area contributed by atoms with Crippen LogP contribution in [0.5, 0.6) is 5.75 Å². The monoisotopic (exact) mass is 559 g/mol. The second-order valence-electron chi connectivity index (χ2n) is 9.68. The lowest BCUT2D eigenvalue weighted by Gasteiger charge is -2.32. The van der Waals surface area contributed by atoms with Crippen molar-refractivity contribution >= 4 is 62.1 Å². The van der Waals surface area contributed by atoms with E-state index >= 15 is 0 Å². The molecule has 9 nitrogen and oxygen atoms in total. The van der Waals surface area contributed by atoms with Crippen LogP contribution in [0.3, 0.4) is 0 Å². The van der Waals surface area contributed by atoms with Crippen LogP contribution in [0.15, 0.2) is 28.7 Å². The molecular formula is C24H30BrN7O2S. The van der Waals surface area contributed by atoms with Gasteiger partial charge in [-0.15, -0.1) is 11.3 Å². The van der Waals surface area contributed by atoms with E-state index in [9.17, 15) is 9.90 Å². The molecule has 1 amide bonds. The first-order chi connectivity index (χ1) is 16.5. The summed E-state index contributed by atoms with van der Waals surface area (Å²) in [6.07, 6.45) is 0. The summed E-state index contributed by atoms with van der Waals surface area (Å²) in [6, 6.07) is 7.63. The van der Waals surface area contributed by atoms with Crippen molar-refractivity contribution < 1.29 is 9.90 Å². The Morgan fingerprint density at radius 3 is 2.37 bits per heavy atom. The molecule has 4 rings (SSSR count). The summed E-state index contributed by atoms with van der Waals surface area (Å²) in [6.45, 7) is 9.14. The van der Waals surface area contributed by atoms with Gasteiger partial charge in [0.05, 0.1) is 24.0 Å². The number of fused-ring (bicyclic) bond motifs is 1.